The molecule has 62 heavy (non-hydrogen) atoms. The summed E-state index contributed by atoms with van der Waals surface area (Å²) in [6.45, 7) is 18.3. The number of esters is 1. The molecule has 0 atom stereocenters. The molecule has 4 aromatic heterocycles. The van der Waals surface area contributed by atoms with Crippen molar-refractivity contribution in [2.24, 2.45) is 0 Å². The molecule has 18 heteroatoms. The zero-order chi connectivity index (χ0) is 44.3. The average Bonchev–Trinajstić information content (AvgIpc) is 3.91. The Hall–Kier alpha value is -6.59. The zero-order valence-corrected chi connectivity index (χ0v) is 37.1. The highest BCUT2D eigenvalue weighted by Crippen LogP contribution is 2.33. The third-order valence-corrected chi connectivity index (χ3v) is 10.8. The van der Waals surface area contributed by atoms with Gasteiger partial charge >= 0.3 is 18.0 Å². The predicted molar refractivity (Wildman–Crippen MR) is 237 cm³/mol. The molecule has 18 nitrogen and oxygen atoms in total. The van der Waals surface area contributed by atoms with Crippen molar-refractivity contribution in [1.82, 2.24) is 59.9 Å². The maximum absolute atomic E-state index is 13.2. The second-order valence-electron chi connectivity index (χ2n) is 18.2. The van der Waals surface area contributed by atoms with Gasteiger partial charge in [0.1, 0.15) is 0 Å². The monoisotopic (exact) mass is 846 g/mol. The number of amides is 4. The number of hydrogen-bond acceptors (Lipinski definition) is 12. The van der Waals surface area contributed by atoms with Crippen LogP contribution in [0.2, 0.25) is 0 Å². The topological polar surface area (TPSA) is 202 Å². The first-order chi connectivity index (χ1) is 29.4. The Labute approximate surface area is 362 Å². The molecule has 7 rings (SSSR count). The fourth-order valence-corrected chi connectivity index (χ4v) is 7.67. The smallest absolute Gasteiger partial charge is 0.338 e. The molecule has 2 aliphatic rings. The van der Waals surface area contributed by atoms with Crippen LogP contribution >= 0.6 is 0 Å². The number of ether oxygens (including phenoxy) is 1. The number of piperidine rings is 2. The molecule has 2 saturated heterocycles. The van der Waals surface area contributed by atoms with Crippen molar-refractivity contribution in [3.63, 3.8) is 0 Å². The SMILES string of the molecule is COC(=O)c1ccc(-c2nc(Nc3cnn(C4CCN(C(=O)NC(C)(C)C)CC4)c3)ncc2C)cc1-c1nc(Nc2cnn(C3CCN(C(=O)NC(C)(C)C)CC3)c2)ncc1C. The Bertz CT molecular complexity index is 2410. The minimum absolute atomic E-state index is 0.0409. The van der Waals surface area contributed by atoms with Gasteiger partial charge in [0.05, 0.1) is 59.9 Å². The number of likely N-dealkylation sites (tertiary alicyclic amines) is 2. The molecule has 0 bridgehead atoms. The Morgan fingerprint density at radius 2 is 1.11 bits per heavy atom. The van der Waals surface area contributed by atoms with Gasteiger partial charge in [0.15, 0.2) is 0 Å². The van der Waals surface area contributed by atoms with Gasteiger partial charge in [-0.25, -0.2) is 34.3 Å². The van der Waals surface area contributed by atoms with Crippen LogP contribution in [0.1, 0.15) is 101 Å². The van der Waals surface area contributed by atoms with Crippen molar-refractivity contribution in [3.8, 4) is 22.5 Å². The second kappa shape index (κ2) is 17.8. The normalized spacial score (nSPS) is 15.3. The van der Waals surface area contributed by atoms with E-state index in [0.717, 1.165) is 48.1 Å². The highest BCUT2D eigenvalue weighted by Gasteiger charge is 2.28. The van der Waals surface area contributed by atoms with Gasteiger partial charge in [-0.2, -0.15) is 10.2 Å². The first-order valence-corrected chi connectivity index (χ1v) is 21.1. The summed E-state index contributed by atoms with van der Waals surface area (Å²) in [7, 11) is 1.35. The van der Waals surface area contributed by atoms with Gasteiger partial charge in [-0.15, -0.1) is 0 Å². The van der Waals surface area contributed by atoms with Crippen LogP contribution in [0, 0.1) is 13.8 Å². The zero-order valence-electron chi connectivity index (χ0n) is 37.1. The fraction of sp³-hybridized carbons (Fsp3) is 0.477. The van der Waals surface area contributed by atoms with Crippen molar-refractivity contribution in [2.75, 3.05) is 43.9 Å². The van der Waals surface area contributed by atoms with Crippen molar-refractivity contribution in [2.45, 2.75) is 104 Å². The lowest BCUT2D eigenvalue weighted by Crippen LogP contribution is -2.50. The number of nitrogens with zero attached hydrogens (tertiary/aromatic N) is 10. The number of nitrogens with one attached hydrogen (secondary N) is 4. The number of aryl methyl sites for hydroxylation is 2. The van der Waals surface area contributed by atoms with E-state index in [-0.39, 0.29) is 35.2 Å². The van der Waals surface area contributed by atoms with Crippen molar-refractivity contribution in [3.05, 3.63) is 72.1 Å². The van der Waals surface area contributed by atoms with E-state index < -0.39 is 5.97 Å². The van der Waals surface area contributed by atoms with Gasteiger partial charge in [0, 0.05) is 73.2 Å². The van der Waals surface area contributed by atoms with Gasteiger partial charge < -0.3 is 35.8 Å². The Morgan fingerprint density at radius 1 is 0.661 bits per heavy atom. The first kappa shape index (κ1) is 43.5. The minimum Gasteiger partial charge on any atom is -0.465 e. The summed E-state index contributed by atoms with van der Waals surface area (Å²) in [5, 5.41) is 21.9. The summed E-state index contributed by atoms with van der Waals surface area (Å²) in [6, 6.07) is 5.68. The molecular weight excluding hydrogens is 789 g/mol. The van der Waals surface area contributed by atoms with Crippen LogP contribution in [0.3, 0.4) is 0 Å². The van der Waals surface area contributed by atoms with Gasteiger partial charge in [0.25, 0.3) is 0 Å². The Morgan fingerprint density at radius 3 is 1.56 bits per heavy atom. The Balaban J connectivity index is 1.06. The number of anilines is 4. The van der Waals surface area contributed by atoms with E-state index in [1.165, 1.54) is 7.11 Å². The molecule has 4 N–H and O–H groups in total. The van der Waals surface area contributed by atoms with E-state index in [1.54, 1.807) is 30.9 Å². The molecule has 0 spiro atoms. The van der Waals surface area contributed by atoms with Gasteiger partial charge in [0.2, 0.25) is 11.9 Å². The summed E-state index contributed by atoms with van der Waals surface area (Å²) in [6.07, 6.45) is 14.0. The summed E-state index contributed by atoms with van der Waals surface area (Å²) >= 11 is 0. The number of aromatic nitrogens is 8. The number of benzene rings is 1. The molecule has 328 valence electrons. The van der Waals surface area contributed by atoms with Gasteiger partial charge in [-0.3, -0.25) is 9.36 Å². The molecular formula is C44H58N14O4. The van der Waals surface area contributed by atoms with E-state index in [2.05, 4.69) is 41.4 Å². The number of hydrogen-bond donors (Lipinski definition) is 4. The number of rotatable bonds is 9. The number of urea groups is 2. The molecule has 0 saturated carbocycles. The highest BCUT2D eigenvalue weighted by atomic mass is 16.5. The fourth-order valence-electron chi connectivity index (χ4n) is 7.67. The molecule has 2 aliphatic heterocycles. The molecule has 6 heterocycles. The minimum atomic E-state index is -0.500. The summed E-state index contributed by atoms with van der Waals surface area (Å²) in [4.78, 5) is 61.2. The Kier molecular flexibility index (Phi) is 12.5. The molecule has 0 radical (unpaired) electrons. The van der Waals surface area contributed by atoms with E-state index in [4.69, 9.17) is 14.7 Å². The molecule has 0 unspecified atom stereocenters. The molecule has 2 fully saturated rings. The molecule has 5 aromatic rings. The van der Waals surface area contributed by atoms with E-state index in [9.17, 15) is 14.4 Å². The van der Waals surface area contributed by atoms with Crippen LogP contribution in [-0.4, -0.2) is 112 Å². The largest absolute Gasteiger partial charge is 0.465 e. The lowest BCUT2D eigenvalue weighted by atomic mass is 9.96. The maximum Gasteiger partial charge on any atom is 0.338 e. The molecule has 0 aliphatic carbocycles. The molecule has 1 aromatic carbocycles. The van der Waals surface area contributed by atoms with Crippen molar-refractivity contribution < 1.29 is 19.1 Å². The van der Waals surface area contributed by atoms with Crippen LogP contribution in [0.15, 0.2) is 55.4 Å². The predicted octanol–water partition coefficient (Wildman–Crippen LogP) is 7.17. The van der Waals surface area contributed by atoms with E-state index in [0.29, 0.717) is 66.3 Å². The van der Waals surface area contributed by atoms with Crippen LogP contribution in [-0.2, 0) is 4.74 Å². The summed E-state index contributed by atoms with van der Waals surface area (Å²) in [5.41, 5.74) is 5.35. The number of carbonyl (C=O) groups is 3. The second-order valence-corrected chi connectivity index (χ2v) is 18.2. The third-order valence-electron chi connectivity index (χ3n) is 10.8. The van der Waals surface area contributed by atoms with Crippen molar-refractivity contribution in [1.29, 1.82) is 0 Å². The summed E-state index contributed by atoms with van der Waals surface area (Å²) in [5.74, 6) is 0.223. The van der Waals surface area contributed by atoms with Gasteiger partial charge in [-0.05, 0) is 104 Å². The quantitative estimate of drug-likeness (QED) is 0.109. The van der Waals surface area contributed by atoms with Crippen LogP contribution < -0.4 is 21.3 Å². The number of methoxy groups -OCH3 is 1. The lowest BCUT2D eigenvalue weighted by molar-refractivity contribution is 0.0601. The van der Waals surface area contributed by atoms with Crippen LogP contribution in [0.25, 0.3) is 22.5 Å². The van der Waals surface area contributed by atoms with Gasteiger partial charge in [-0.1, -0.05) is 6.07 Å². The third kappa shape index (κ3) is 10.5. The van der Waals surface area contributed by atoms with E-state index in [1.807, 2.05) is 99.1 Å². The van der Waals surface area contributed by atoms with E-state index >= 15 is 0 Å². The maximum atomic E-state index is 13.2. The molecule has 4 amide bonds. The average molecular weight is 847 g/mol. The van der Waals surface area contributed by atoms with Crippen LogP contribution in [0.4, 0.5) is 32.9 Å². The lowest BCUT2D eigenvalue weighted by Gasteiger charge is -2.34. The standard InChI is InChI=1S/C44H58N14O4/c1-27-21-45-39(49-30-23-47-57(25-30)32-12-16-55(17-13-32)41(60)53-43(3,4)5)51-36(27)29-10-11-34(38(59)62-9)35(20-29)37-28(2)22-46-40(52-37)50-31-24-48-58(26-31)33-14-18-56(19-15-33)42(61)54-44(6,7)8/h10-11,20-26,32-33H,12-19H2,1-9H3,(H,53,60)(H,54,61)(H,45,49,51)(H,46,50,52). The summed E-state index contributed by atoms with van der Waals surface area (Å²) < 4.78 is 9.07. The van der Waals surface area contributed by atoms with Crippen molar-refractivity contribution >= 4 is 41.3 Å². The first-order valence-electron chi connectivity index (χ1n) is 21.1. The van der Waals surface area contributed by atoms with Crippen LogP contribution in [0.5, 0.6) is 0 Å². The number of carbonyl (C=O) groups excluding carboxylic acids is 3. The highest BCUT2D eigenvalue weighted by molar-refractivity contribution is 5.98.